The summed E-state index contributed by atoms with van der Waals surface area (Å²) in [4.78, 5) is 11.6. The highest BCUT2D eigenvalue weighted by atomic mass is 16.5. The molecule has 0 aromatic carbocycles. The molecule has 4 N–H and O–H groups in total. The molecule has 0 aliphatic heterocycles. The van der Waals surface area contributed by atoms with Gasteiger partial charge in [-0.2, -0.15) is 15.0 Å². The van der Waals surface area contributed by atoms with E-state index in [1.54, 1.807) is 0 Å². The Morgan fingerprint density at radius 2 is 2.20 bits per heavy atom. The molecule has 1 aromatic rings. The van der Waals surface area contributed by atoms with E-state index < -0.39 is 0 Å². The van der Waals surface area contributed by atoms with Gasteiger partial charge in [0.15, 0.2) is 0 Å². The number of anilines is 2. The van der Waals surface area contributed by atoms with E-state index in [1.165, 1.54) is 0 Å². The molecule has 0 bridgehead atoms. The van der Waals surface area contributed by atoms with E-state index in [2.05, 4.69) is 20.3 Å². The molecule has 0 amide bonds. The van der Waals surface area contributed by atoms with Crippen LogP contribution < -0.4 is 15.8 Å². The molecule has 0 radical (unpaired) electrons. The van der Waals surface area contributed by atoms with Crippen LogP contribution in [0.3, 0.4) is 0 Å². The Morgan fingerprint density at radius 3 is 2.87 bits per heavy atom. The zero-order valence-corrected chi connectivity index (χ0v) is 8.60. The van der Waals surface area contributed by atoms with Crippen LogP contribution >= 0.6 is 0 Å². The lowest BCUT2D eigenvalue weighted by molar-refractivity contribution is 0.292. The number of aromatic nitrogens is 3. The first-order valence-electron chi connectivity index (χ1n) is 4.75. The Kier molecular flexibility index (Phi) is 4.55. The minimum atomic E-state index is 0.111. The molecule has 1 aromatic heterocycles. The summed E-state index contributed by atoms with van der Waals surface area (Å²) in [5.74, 6) is 0.472. The van der Waals surface area contributed by atoms with Crippen LogP contribution in [0.1, 0.15) is 13.3 Å². The zero-order chi connectivity index (χ0) is 11.1. The third-order valence-electron chi connectivity index (χ3n) is 1.52. The maximum atomic E-state index is 8.60. The molecule has 0 spiro atoms. The summed E-state index contributed by atoms with van der Waals surface area (Å²) >= 11 is 0. The maximum absolute atomic E-state index is 8.60. The normalized spacial score (nSPS) is 10.0. The third-order valence-corrected chi connectivity index (χ3v) is 1.52. The zero-order valence-electron chi connectivity index (χ0n) is 8.60. The molecule has 15 heavy (non-hydrogen) atoms. The second-order valence-electron chi connectivity index (χ2n) is 2.74. The first-order valence-corrected chi connectivity index (χ1v) is 4.75. The fourth-order valence-corrected chi connectivity index (χ4v) is 0.924. The number of nitrogens with two attached hydrogens (primary N) is 1. The van der Waals surface area contributed by atoms with Gasteiger partial charge in [-0.05, 0) is 13.3 Å². The van der Waals surface area contributed by atoms with Crippen LogP contribution in [-0.2, 0) is 0 Å². The van der Waals surface area contributed by atoms with Crippen molar-refractivity contribution < 1.29 is 9.84 Å². The second-order valence-corrected chi connectivity index (χ2v) is 2.74. The predicted molar refractivity (Wildman–Crippen MR) is 55.6 cm³/mol. The van der Waals surface area contributed by atoms with Crippen LogP contribution in [0.25, 0.3) is 0 Å². The highest BCUT2D eigenvalue weighted by molar-refractivity contribution is 5.32. The molecule has 7 nitrogen and oxygen atoms in total. The van der Waals surface area contributed by atoms with Gasteiger partial charge in [-0.15, -0.1) is 0 Å². The molecule has 7 heteroatoms. The van der Waals surface area contributed by atoms with Gasteiger partial charge < -0.3 is 20.9 Å². The van der Waals surface area contributed by atoms with Gasteiger partial charge in [-0.3, -0.25) is 0 Å². The first kappa shape index (κ1) is 11.4. The summed E-state index contributed by atoms with van der Waals surface area (Å²) in [6.07, 6.45) is 0.621. The number of nitrogens with zero attached hydrogens (tertiary/aromatic N) is 3. The molecule has 0 aliphatic carbocycles. The molecule has 1 heterocycles. The number of aliphatic hydroxyl groups is 1. The largest absolute Gasteiger partial charge is 0.464 e. The lowest BCUT2D eigenvalue weighted by atomic mass is 10.4. The van der Waals surface area contributed by atoms with Crippen molar-refractivity contribution >= 4 is 11.9 Å². The molecule has 84 valence electrons. The number of ether oxygens (including phenoxy) is 1. The lowest BCUT2D eigenvalue weighted by Crippen LogP contribution is -2.10. The molecular weight excluding hydrogens is 198 g/mol. The van der Waals surface area contributed by atoms with Crippen LogP contribution in [0, 0.1) is 0 Å². The van der Waals surface area contributed by atoms with Gasteiger partial charge in [0.25, 0.3) is 0 Å². The van der Waals surface area contributed by atoms with Crippen molar-refractivity contribution in [3.05, 3.63) is 0 Å². The number of hydrogen-bond acceptors (Lipinski definition) is 7. The molecule has 0 unspecified atom stereocenters. The van der Waals surface area contributed by atoms with Gasteiger partial charge >= 0.3 is 6.01 Å². The Hall–Kier alpha value is -1.63. The Bertz CT molecular complexity index is 307. The minimum absolute atomic E-state index is 0.111. The van der Waals surface area contributed by atoms with E-state index in [1.807, 2.05) is 6.92 Å². The van der Waals surface area contributed by atoms with Crippen LogP contribution in [-0.4, -0.2) is 39.8 Å². The smallest absolute Gasteiger partial charge is 0.323 e. The average molecular weight is 213 g/mol. The summed E-state index contributed by atoms with van der Waals surface area (Å²) in [7, 11) is 0. The van der Waals surface area contributed by atoms with E-state index in [4.69, 9.17) is 15.6 Å². The molecule has 0 saturated heterocycles. The van der Waals surface area contributed by atoms with Crippen molar-refractivity contribution in [3.63, 3.8) is 0 Å². The number of rotatable bonds is 6. The molecular formula is C8H15N5O2. The molecule has 0 fully saturated rings. The van der Waals surface area contributed by atoms with Crippen molar-refractivity contribution in [2.75, 3.05) is 30.8 Å². The third kappa shape index (κ3) is 3.94. The summed E-state index contributed by atoms with van der Waals surface area (Å²) in [5, 5.41) is 11.5. The predicted octanol–water partition coefficient (Wildman–Crippen LogP) is -0.353. The lowest BCUT2D eigenvalue weighted by Gasteiger charge is -2.06. The molecule has 0 atom stereocenters. The monoisotopic (exact) mass is 213 g/mol. The molecule has 1 rings (SSSR count). The molecule has 0 aliphatic rings. The first-order chi connectivity index (χ1) is 7.26. The van der Waals surface area contributed by atoms with Crippen molar-refractivity contribution in [2.24, 2.45) is 0 Å². The standard InChI is InChI=1S/C8H15N5O2/c1-2-15-8-12-6(9)11-7(13-8)10-4-3-5-14/h14H,2-5H2,1H3,(H3,9,10,11,12,13). The summed E-state index contributed by atoms with van der Waals surface area (Å²) < 4.78 is 5.10. The van der Waals surface area contributed by atoms with E-state index in [0.29, 0.717) is 25.5 Å². The number of nitrogen functional groups attached to an aromatic ring is 1. The Balaban J connectivity index is 2.62. The van der Waals surface area contributed by atoms with Crippen molar-refractivity contribution in [2.45, 2.75) is 13.3 Å². The Labute approximate surface area is 87.7 Å². The van der Waals surface area contributed by atoms with Crippen LogP contribution in [0.4, 0.5) is 11.9 Å². The number of nitrogens with one attached hydrogen (secondary N) is 1. The SMILES string of the molecule is CCOc1nc(N)nc(NCCCO)n1. The van der Waals surface area contributed by atoms with Crippen molar-refractivity contribution in [1.29, 1.82) is 0 Å². The molecule has 0 saturated carbocycles. The Morgan fingerprint density at radius 1 is 1.40 bits per heavy atom. The van der Waals surface area contributed by atoms with Gasteiger partial charge in [-0.25, -0.2) is 0 Å². The number of hydrogen-bond donors (Lipinski definition) is 3. The van der Waals surface area contributed by atoms with Gasteiger partial charge in [-0.1, -0.05) is 0 Å². The number of aliphatic hydroxyl groups excluding tert-OH is 1. The van der Waals surface area contributed by atoms with E-state index in [9.17, 15) is 0 Å². The van der Waals surface area contributed by atoms with Crippen LogP contribution in [0.15, 0.2) is 0 Å². The minimum Gasteiger partial charge on any atom is -0.464 e. The fraction of sp³-hybridized carbons (Fsp3) is 0.625. The van der Waals surface area contributed by atoms with Gasteiger partial charge in [0.2, 0.25) is 11.9 Å². The summed E-state index contributed by atoms with van der Waals surface area (Å²) in [5.41, 5.74) is 5.46. The quantitative estimate of drug-likeness (QED) is 0.554. The van der Waals surface area contributed by atoms with Crippen molar-refractivity contribution in [1.82, 2.24) is 15.0 Å². The van der Waals surface area contributed by atoms with Crippen LogP contribution in [0.2, 0.25) is 0 Å². The summed E-state index contributed by atoms with van der Waals surface area (Å²) in [6, 6.07) is 0.205. The maximum Gasteiger partial charge on any atom is 0.323 e. The van der Waals surface area contributed by atoms with E-state index >= 15 is 0 Å². The summed E-state index contributed by atoms with van der Waals surface area (Å²) in [6.45, 7) is 3.00. The second kappa shape index (κ2) is 5.97. The van der Waals surface area contributed by atoms with Crippen molar-refractivity contribution in [3.8, 4) is 6.01 Å². The van der Waals surface area contributed by atoms with Gasteiger partial charge in [0, 0.05) is 13.2 Å². The topological polar surface area (TPSA) is 106 Å². The van der Waals surface area contributed by atoms with Gasteiger partial charge in [0.1, 0.15) is 0 Å². The highest BCUT2D eigenvalue weighted by Gasteiger charge is 2.03. The van der Waals surface area contributed by atoms with Crippen LogP contribution in [0.5, 0.6) is 6.01 Å². The van der Waals surface area contributed by atoms with Gasteiger partial charge in [0.05, 0.1) is 6.61 Å². The average Bonchev–Trinajstić information content (AvgIpc) is 2.18. The highest BCUT2D eigenvalue weighted by Crippen LogP contribution is 2.08. The fourth-order valence-electron chi connectivity index (χ4n) is 0.924. The van der Waals surface area contributed by atoms with E-state index in [0.717, 1.165) is 0 Å². The van der Waals surface area contributed by atoms with E-state index in [-0.39, 0.29) is 18.6 Å².